The minimum atomic E-state index is 0.466. The van der Waals surface area contributed by atoms with Gasteiger partial charge in [0.1, 0.15) is 17.3 Å². The number of ether oxygens (including phenoxy) is 1. The van der Waals surface area contributed by atoms with Gasteiger partial charge in [0.05, 0.1) is 6.20 Å². The van der Waals surface area contributed by atoms with Crippen molar-refractivity contribution in [1.82, 2.24) is 4.98 Å². The lowest BCUT2D eigenvalue weighted by atomic mass is 10.3. The monoisotopic (exact) mass is 220 g/mol. The van der Waals surface area contributed by atoms with Crippen LogP contribution >= 0.6 is 11.6 Å². The van der Waals surface area contributed by atoms with Crippen molar-refractivity contribution in [3.63, 3.8) is 0 Å². The van der Waals surface area contributed by atoms with Crippen LogP contribution < -0.4 is 10.5 Å². The molecule has 0 aliphatic heterocycles. The Balaban J connectivity index is 2.18. The highest BCUT2D eigenvalue weighted by atomic mass is 35.5. The van der Waals surface area contributed by atoms with Crippen molar-refractivity contribution in [3.8, 4) is 11.5 Å². The summed E-state index contributed by atoms with van der Waals surface area (Å²) in [5, 5.41) is 0.635. The molecule has 0 spiro atoms. The van der Waals surface area contributed by atoms with Crippen molar-refractivity contribution in [3.05, 3.63) is 47.6 Å². The normalized spacial score (nSPS) is 9.93. The fourth-order valence-corrected chi connectivity index (χ4v) is 1.30. The van der Waals surface area contributed by atoms with Crippen LogP contribution in [-0.2, 0) is 0 Å². The Labute approximate surface area is 92.5 Å². The average Bonchev–Trinajstić information content (AvgIpc) is 2.22. The van der Waals surface area contributed by atoms with E-state index in [0.29, 0.717) is 22.3 Å². The molecule has 2 rings (SSSR count). The van der Waals surface area contributed by atoms with Crippen LogP contribution in [0.2, 0.25) is 5.02 Å². The fourth-order valence-electron chi connectivity index (χ4n) is 1.12. The number of halogens is 1. The molecule has 2 aromatic rings. The van der Waals surface area contributed by atoms with Gasteiger partial charge in [-0.05, 0) is 30.3 Å². The van der Waals surface area contributed by atoms with Crippen molar-refractivity contribution < 1.29 is 4.74 Å². The molecule has 0 unspecified atom stereocenters. The van der Waals surface area contributed by atoms with Crippen molar-refractivity contribution in [2.24, 2.45) is 0 Å². The third-order valence-electron chi connectivity index (χ3n) is 1.79. The molecule has 2 N–H and O–H groups in total. The molecule has 0 amide bonds. The van der Waals surface area contributed by atoms with Gasteiger partial charge in [0.2, 0.25) is 0 Å². The molecule has 3 nitrogen and oxygen atoms in total. The largest absolute Gasteiger partial charge is 0.456 e. The Morgan fingerprint density at radius 2 is 2.00 bits per heavy atom. The van der Waals surface area contributed by atoms with Crippen LogP contribution in [0.1, 0.15) is 0 Å². The maximum Gasteiger partial charge on any atom is 0.145 e. The lowest BCUT2D eigenvalue weighted by molar-refractivity contribution is 0.480. The third kappa shape index (κ3) is 2.60. The minimum Gasteiger partial charge on any atom is -0.456 e. The van der Waals surface area contributed by atoms with E-state index < -0.39 is 0 Å². The number of anilines is 1. The van der Waals surface area contributed by atoms with Crippen LogP contribution in [0.15, 0.2) is 42.6 Å². The Morgan fingerprint density at radius 3 is 2.67 bits per heavy atom. The van der Waals surface area contributed by atoms with Crippen LogP contribution in [0.5, 0.6) is 11.5 Å². The van der Waals surface area contributed by atoms with Gasteiger partial charge < -0.3 is 10.5 Å². The number of benzene rings is 1. The van der Waals surface area contributed by atoms with Crippen molar-refractivity contribution in [2.45, 2.75) is 0 Å². The van der Waals surface area contributed by atoms with Gasteiger partial charge in [-0.3, -0.25) is 0 Å². The van der Waals surface area contributed by atoms with Gasteiger partial charge >= 0.3 is 0 Å². The van der Waals surface area contributed by atoms with Gasteiger partial charge in [-0.25, -0.2) is 4.98 Å². The Hall–Kier alpha value is -1.74. The van der Waals surface area contributed by atoms with Crippen LogP contribution in [0.25, 0.3) is 0 Å². The highest BCUT2D eigenvalue weighted by Gasteiger charge is 1.98. The number of rotatable bonds is 2. The van der Waals surface area contributed by atoms with E-state index >= 15 is 0 Å². The summed E-state index contributed by atoms with van der Waals surface area (Å²) in [5.41, 5.74) is 5.46. The highest BCUT2D eigenvalue weighted by Crippen LogP contribution is 2.23. The second kappa shape index (κ2) is 4.19. The zero-order valence-corrected chi connectivity index (χ0v) is 8.61. The number of nitrogen functional groups attached to an aromatic ring is 1. The second-order valence-electron chi connectivity index (χ2n) is 2.98. The number of pyridine rings is 1. The first-order valence-electron chi connectivity index (χ1n) is 4.39. The summed E-state index contributed by atoms with van der Waals surface area (Å²) in [7, 11) is 0. The number of hydrogen-bond acceptors (Lipinski definition) is 3. The smallest absolute Gasteiger partial charge is 0.145 e. The average molecular weight is 221 g/mol. The maximum absolute atomic E-state index is 5.82. The van der Waals surface area contributed by atoms with Crippen LogP contribution in [0.3, 0.4) is 0 Å². The quantitative estimate of drug-likeness (QED) is 0.846. The summed E-state index contributed by atoms with van der Waals surface area (Å²) in [6.45, 7) is 0. The molecule has 0 radical (unpaired) electrons. The molecule has 15 heavy (non-hydrogen) atoms. The maximum atomic E-state index is 5.82. The SMILES string of the molecule is Nc1ccc(Oc2cccc(Cl)c2)cn1. The molecule has 0 saturated heterocycles. The predicted molar refractivity (Wildman–Crippen MR) is 60.2 cm³/mol. The Bertz CT molecular complexity index is 456. The molecule has 0 bridgehead atoms. The molecular weight excluding hydrogens is 212 g/mol. The highest BCUT2D eigenvalue weighted by molar-refractivity contribution is 6.30. The first kappa shape index (κ1) is 9.80. The topological polar surface area (TPSA) is 48.1 Å². The van der Waals surface area contributed by atoms with Gasteiger partial charge in [-0.2, -0.15) is 0 Å². The van der Waals surface area contributed by atoms with Gasteiger partial charge in [0, 0.05) is 5.02 Å². The number of hydrogen-bond donors (Lipinski definition) is 1. The standard InChI is InChI=1S/C11H9ClN2O/c12-8-2-1-3-9(6-8)15-10-4-5-11(13)14-7-10/h1-7H,(H2,13,14). The first-order valence-corrected chi connectivity index (χ1v) is 4.77. The summed E-state index contributed by atoms with van der Waals surface area (Å²) >= 11 is 5.82. The number of nitrogens with zero attached hydrogens (tertiary/aromatic N) is 1. The fraction of sp³-hybridized carbons (Fsp3) is 0. The molecule has 0 fully saturated rings. The molecule has 76 valence electrons. The van der Waals surface area contributed by atoms with Crippen molar-refractivity contribution in [1.29, 1.82) is 0 Å². The molecule has 0 aliphatic rings. The van der Waals surface area contributed by atoms with E-state index in [0.717, 1.165) is 0 Å². The zero-order chi connectivity index (χ0) is 10.7. The second-order valence-corrected chi connectivity index (χ2v) is 3.41. The van der Waals surface area contributed by atoms with E-state index in [-0.39, 0.29) is 0 Å². The summed E-state index contributed by atoms with van der Waals surface area (Å²) in [4.78, 5) is 3.92. The van der Waals surface area contributed by atoms with Crippen molar-refractivity contribution >= 4 is 17.4 Å². The number of nitrogens with two attached hydrogens (primary N) is 1. The minimum absolute atomic E-state index is 0.466. The predicted octanol–water partition coefficient (Wildman–Crippen LogP) is 3.11. The van der Waals surface area contributed by atoms with E-state index in [4.69, 9.17) is 22.1 Å². The van der Waals surface area contributed by atoms with Gasteiger partial charge in [0.25, 0.3) is 0 Å². The number of aromatic nitrogens is 1. The van der Waals surface area contributed by atoms with Gasteiger partial charge in [-0.15, -0.1) is 0 Å². The van der Waals surface area contributed by atoms with Crippen molar-refractivity contribution in [2.75, 3.05) is 5.73 Å². The van der Waals surface area contributed by atoms with E-state index in [2.05, 4.69) is 4.98 Å². The molecule has 4 heteroatoms. The van der Waals surface area contributed by atoms with E-state index in [1.165, 1.54) is 0 Å². The van der Waals surface area contributed by atoms with E-state index in [9.17, 15) is 0 Å². The Morgan fingerprint density at radius 1 is 1.13 bits per heavy atom. The molecule has 0 aliphatic carbocycles. The Kier molecular flexibility index (Phi) is 2.74. The summed E-state index contributed by atoms with van der Waals surface area (Å²) < 4.78 is 5.51. The lowest BCUT2D eigenvalue weighted by Crippen LogP contribution is -1.90. The van der Waals surface area contributed by atoms with Crippen LogP contribution in [0, 0.1) is 0 Å². The molecule has 1 heterocycles. The summed E-state index contributed by atoms with van der Waals surface area (Å²) in [5.74, 6) is 1.77. The van der Waals surface area contributed by atoms with Gasteiger partial charge in [0.15, 0.2) is 0 Å². The molecule has 1 aromatic heterocycles. The van der Waals surface area contributed by atoms with Crippen LogP contribution in [-0.4, -0.2) is 4.98 Å². The van der Waals surface area contributed by atoms with E-state index in [1.807, 2.05) is 12.1 Å². The van der Waals surface area contributed by atoms with Crippen LogP contribution in [0.4, 0.5) is 5.82 Å². The third-order valence-corrected chi connectivity index (χ3v) is 2.03. The van der Waals surface area contributed by atoms with Gasteiger partial charge in [-0.1, -0.05) is 17.7 Å². The molecule has 1 aromatic carbocycles. The lowest BCUT2D eigenvalue weighted by Gasteiger charge is -2.05. The molecule has 0 saturated carbocycles. The summed E-state index contributed by atoms with van der Waals surface area (Å²) in [6.07, 6.45) is 1.57. The first-order chi connectivity index (χ1) is 7.24. The summed E-state index contributed by atoms with van der Waals surface area (Å²) in [6, 6.07) is 10.6. The van der Waals surface area contributed by atoms with E-state index in [1.54, 1.807) is 30.5 Å². The molecule has 0 atom stereocenters. The zero-order valence-electron chi connectivity index (χ0n) is 7.85. The molecular formula is C11H9ClN2O.